The predicted molar refractivity (Wildman–Crippen MR) is 84.4 cm³/mol. The molecule has 1 aromatic rings. The summed E-state index contributed by atoms with van der Waals surface area (Å²) in [5, 5.41) is 9.57. The van der Waals surface area contributed by atoms with Gasteiger partial charge < -0.3 is 10.0 Å². The minimum absolute atomic E-state index is 0. The average molecular weight is 332 g/mol. The molecule has 6 heteroatoms. The van der Waals surface area contributed by atoms with Crippen LogP contribution in [0.4, 0.5) is 0 Å². The van der Waals surface area contributed by atoms with Crippen molar-refractivity contribution >= 4 is 35.8 Å². The number of Topliss-reactive ketones (excluding diaryl/α,β-unsaturated/α-hetero) is 1. The number of carbonyl (C=O) groups is 2. The van der Waals surface area contributed by atoms with Gasteiger partial charge >= 0.3 is 5.97 Å². The lowest BCUT2D eigenvalue weighted by molar-refractivity contribution is -0.137. The smallest absolute Gasteiger partial charge is 0.304 e. The molecule has 2 rings (SSSR count). The SMILES string of the molecule is Cl.O=C(O)CC(CN1CCCC1)C(=O)c1ccc(Cl)cc1. The summed E-state index contributed by atoms with van der Waals surface area (Å²) in [6.45, 7) is 2.42. The van der Waals surface area contributed by atoms with E-state index in [4.69, 9.17) is 16.7 Å². The van der Waals surface area contributed by atoms with Crippen LogP contribution in [0.15, 0.2) is 24.3 Å². The highest BCUT2D eigenvalue weighted by molar-refractivity contribution is 6.30. The van der Waals surface area contributed by atoms with Crippen molar-refractivity contribution in [1.82, 2.24) is 4.90 Å². The molecule has 1 fully saturated rings. The molecule has 0 bridgehead atoms. The second-order valence-corrected chi connectivity index (χ2v) is 5.61. The molecule has 1 heterocycles. The van der Waals surface area contributed by atoms with E-state index < -0.39 is 11.9 Å². The molecule has 0 spiro atoms. The first-order valence-corrected chi connectivity index (χ1v) is 7.18. The number of hydrogen-bond acceptors (Lipinski definition) is 3. The third-order valence-electron chi connectivity index (χ3n) is 3.60. The number of nitrogens with zero attached hydrogens (tertiary/aromatic N) is 1. The Labute approximate surface area is 135 Å². The van der Waals surface area contributed by atoms with Gasteiger partial charge in [0.05, 0.1) is 6.42 Å². The van der Waals surface area contributed by atoms with Crippen LogP contribution in [-0.2, 0) is 4.79 Å². The highest BCUT2D eigenvalue weighted by Gasteiger charge is 2.26. The second-order valence-electron chi connectivity index (χ2n) is 5.17. The molecular weight excluding hydrogens is 313 g/mol. The van der Waals surface area contributed by atoms with E-state index in [2.05, 4.69) is 4.90 Å². The summed E-state index contributed by atoms with van der Waals surface area (Å²) in [5.74, 6) is -1.54. The molecule has 1 N–H and O–H groups in total. The number of carboxylic acid groups (broad SMARTS) is 1. The zero-order chi connectivity index (χ0) is 14.5. The van der Waals surface area contributed by atoms with Crippen LogP contribution in [-0.4, -0.2) is 41.4 Å². The van der Waals surface area contributed by atoms with Crippen LogP contribution in [0.5, 0.6) is 0 Å². The van der Waals surface area contributed by atoms with Gasteiger partial charge in [-0.1, -0.05) is 11.6 Å². The maximum atomic E-state index is 12.4. The Morgan fingerprint density at radius 2 is 1.76 bits per heavy atom. The van der Waals surface area contributed by atoms with E-state index in [1.807, 2.05) is 0 Å². The van der Waals surface area contributed by atoms with Gasteiger partial charge in [0.25, 0.3) is 0 Å². The van der Waals surface area contributed by atoms with E-state index in [9.17, 15) is 9.59 Å². The van der Waals surface area contributed by atoms with Gasteiger partial charge in [0.2, 0.25) is 0 Å². The average Bonchev–Trinajstić information content (AvgIpc) is 2.90. The molecule has 1 unspecified atom stereocenters. The summed E-state index contributed by atoms with van der Waals surface area (Å²) in [7, 11) is 0. The van der Waals surface area contributed by atoms with E-state index in [-0.39, 0.29) is 24.6 Å². The van der Waals surface area contributed by atoms with E-state index >= 15 is 0 Å². The predicted octanol–water partition coefficient (Wildman–Crippen LogP) is 3.13. The van der Waals surface area contributed by atoms with Gasteiger partial charge in [-0.15, -0.1) is 12.4 Å². The van der Waals surface area contributed by atoms with Crippen LogP contribution >= 0.6 is 24.0 Å². The summed E-state index contributed by atoms with van der Waals surface area (Å²) in [6.07, 6.45) is 2.11. The van der Waals surface area contributed by atoms with Crippen molar-refractivity contribution < 1.29 is 14.7 Å². The minimum atomic E-state index is -0.934. The lowest BCUT2D eigenvalue weighted by Crippen LogP contribution is -2.32. The van der Waals surface area contributed by atoms with E-state index in [1.54, 1.807) is 24.3 Å². The van der Waals surface area contributed by atoms with Crippen LogP contribution < -0.4 is 0 Å². The van der Waals surface area contributed by atoms with Crippen LogP contribution in [0, 0.1) is 5.92 Å². The Morgan fingerprint density at radius 1 is 1.19 bits per heavy atom. The summed E-state index contributed by atoms with van der Waals surface area (Å²) >= 11 is 5.80. The number of hydrogen-bond donors (Lipinski definition) is 1. The van der Waals surface area contributed by atoms with Gasteiger partial charge in [0.1, 0.15) is 0 Å². The van der Waals surface area contributed by atoms with Crippen molar-refractivity contribution in [3.63, 3.8) is 0 Å². The third-order valence-corrected chi connectivity index (χ3v) is 3.85. The van der Waals surface area contributed by atoms with Gasteiger partial charge in [-0.05, 0) is 50.2 Å². The topological polar surface area (TPSA) is 57.6 Å². The maximum Gasteiger partial charge on any atom is 0.304 e. The Morgan fingerprint density at radius 3 is 2.29 bits per heavy atom. The highest BCUT2D eigenvalue weighted by atomic mass is 35.5. The van der Waals surface area contributed by atoms with Gasteiger partial charge in [-0.25, -0.2) is 0 Å². The number of rotatable bonds is 6. The fraction of sp³-hybridized carbons (Fsp3) is 0.467. The van der Waals surface area contributed by atoms with Crippen molar-refractivity contribution in [2.75, 3.05) is 19.6 Å². The molecule has 1 aliphatic heterocycles. The number of likely N-dealkylation sites (tertiary alicyclic amines) is 1. The van der Waals surface area contributed by atoms with E-state index in [0.29, 0.717) is 17.1 Å². The molecule has 0 amide bonds. The molecule has 1 aromatic carbocycles. The molecule has 0 aromatic heterocycles. The molecule has 4 nitrogen and oxygen atoms in total. The highest BCUT2D eigenvalue weighted by Crippen LogP contribution is 2.19. The second kappa shape index (κ2) is 8.37. The first kappa shape index (κ1) is 18.0. The molecule has 0 saturated carbocycles. The standard InChI is InChI=1S/C15H18ClNO3.ClH/c16-13-5-3-11(4-6-13)15(20)12(9-14(18)19)10-17-7-1-2-8-17;/h3-6,12H,1-2,7-10H2,(H,18,19);1H. The van der Waals surface area contributed by atoms with Crippen molar-refractivity contribution in [2.24, 2.45) is 5.92 Å². The minimum Gasteiger partial charge on any atom is -0.481 e. The number of halogens is 2. The summed E-state index contributed by atoms with van der Waals surface area (Å²) in [4.78, 5) is 25.6. The quantitative estimate of drug-likeness (QED) is 0.813. The molecule has 116 valence electrons. The molecule has 1 aliphatic rings. The van der Waals surface area contributed by atoms with Gasteiger partial charge in [-0.3, -0.25) is 9.59 Å². The first-order valence-electron chi connectivity index (χ1n) is 6.80. The molecule has 0 radical (unpaired) electrons. The van der Waals surface area contributed by atoms with Crippen molar-refractivity contribution in [3.05, 3.63) is 34.9 Å². The fourth-order valence-corrected chi connectivity index (χ4v) is 2.70. The summed E-state index contributed by atoms with van der Waals surface area (Å²) < 4.78 is 0. The monoisotopic (exact) mass is 331 g/mol. The number of carbonyl (C=O) groups excluding carboxylic acids is 1. The van der Waals surface area contributed by atoms with Crippen molar-refractivity contribution in [2.45, 2.75) is 19.3 Å². The van der Waals surface area contributed by atoms with Gasteiger partial charge in [0, 0.05) is 23.0 Å². The lowest BCUT2D eigenvalue weighted by atomic mass is 9.94. The number of carboxylic acids is 1. The number of aliphatic carboxylic acids is 1. The zero-order valence-electron chi connectivity index (χ0n) is 11.6. The Hall–Kier alpha value is -1.10. The van der Waals surface area contributed by atoms with Crippen molar-refractivity contribution in [1.29, 1.82) is 0 Å². The zero-order valence-corrected chi connectivity index (χ0v) is 13.2. The Kier molecular flexibility index (Phi) is 7.15. The molecular formula is C15H19Cl2NO3. The Balaban J connectivity index is 0.00000220. The van der Waals surface area contributed by atoms with Crippen LogP contribution in [0.1, 0.15) is 29.6 Å². The number of benzene rings is 1. The Bertz CT molecular complexity index is 484. The number of ketones is 1. The molecule has 0 aliphatic carbocycles. The maximum absolute atomic E-state index is 12.4. The molecule has 1 atom stereocenters. The van der Waals surface area contributed by atoms with Crippen LogP contribution in [0.2, 0.25) is 5.02 Å². The fourth-order valence-electron chi connectivity index (χ4n) is 2.58. The summed E-state index contributed by atoms with van der Waals surface area (Å²) in [6, 6.07) is 6.62. The van der Waals surface area contributed by atoms with Crippen LogP contribution in [0.3, 0.4) is 0 Å². The van der Waals surface area contributed by atoms with E-state index in [1.165, 1.54) is 0 Å². The van der Waals surface area contributed by atoms with Gasteiger partial charge in [-0.2, -0.15) is 0 Å². The third kappa shape index (κ3) is 5.30. The normalized spacial score (nSPS) is 16.2. The lowest BCUT2D eigenvalue weighted by Gasteiger charge is -2.21. The molecule has 21 heavy (non-hydrogen) atoms. The van der Waals surface area contributed by atoms with Gasteiger partial charge in [0.15, 0.2) is 5.78 Å². The first-order chi connectivity index (χ1) is 9.56. The van der Waals surface area contributed by atoms with E-state index in [0.717, 1.165) is 25.9 Å². The summed E-state index contributed by atoms with van der Waals surface area (Å²) in [5.41, 5.74) is 0.528. The van der Waals surface area contributed by atoms with Crippen LogP contribution in [0.25, 0.3) is 0 Å². The largest absolute Gasteiger partial charge is 0.481 e. The van der Waals surface area contributed by atoms with Crippen molar-refractivity contribution in [3.8, 4) is 0 Å². The molecule has 1 saturated heterocycles.